The molecule has 0 atom stereocenters. The highest BCUT2D eigenvalue weighted by molar-refractivity contribution is 6.43. The summed E-state index contributed by atoms with van der Waals surface area (Å²) in [6.07, 6.45) is 0. The fourth-order valence-electron chi connectivity index (χ4n) is 7.50. The molecular formula is C38H20. The van der Waals surface area contributed by atoms with Gasteiger partial charge in [-0.05, 0) is 121 Å². The van der Waals surface area contributed by atoms with Gasteiger partial charge in [0, 0.05) is 0 Å². The third-order valence-corrected chi connectivity index (χ3v) is 9.07. The third kappa shape index (κ3) is 2.16. The van der Waals surface area contributed by atoms with E-state index in [1.54, 1.807) is 0 Å². The number of hydrogen-bond donors (Lipinski definition) is 0. The molecule has 10 aromatic carbocycles. The van der Waals surface area contributed by atoms with E-state index in [2.05, 4.69) is 121 Å². The zero-order valence-corrected chi connectivity index (χ0v) is 20.5. The Hall–Kier alpha value is -4.94. The van der Waals surface area contributed by atoms with E-state index in [1.807, 2.05) is 0 Å². The Bertz CT molecular complexity index is 2600. The molecule has 0 aliphatic heterocycles. The lowest BCUT2D eigenvalue weighted by Crippen LogP contribution is -1.82. The largest absolute Gasteiger partial charge is 0.0616 e. The van der Waals surface area contributed by atoms with Crippen LogP contribution in [0.3, 0.4) is 0 Å². The molecule has 0 spiro atoms. The van der Waals surface area contributed by atoms with E-state index >= 15 is 0 Å². The van der Waals surface area contributed by atoms with Gasteiger partial charge >= 0.3 is 0 Å². The number of rotatable bonds is 0. The van der Waals surface area contributed by atoms with Gasteiger partial charge in [0.25, 0.3) is 0 Å². The fraction of sp³-hybridized carbons (Fsp3) is 0. The van der Waals surface area contributed by atoms with E-state index in [0.29, 0.717) is 0 Å². The highest BCUT2D eigenvalue weighted by Crippen LogP contribution is 2.48. The summed E-state index contributed by atoms with van der Waals surface area (Å²) in [5.74, 6) is 0. The minimum absolute atomic E-state index is 1.30. The molecule has 38 heavy (non-hydrogen) atoms. The van der Waals surface area contributed by atoms with Crippen LogP contribution in [-0.2, 0) is 0 Å². The first-order valence-corrected chi connectivity index (χ1v) is 13.4. The minimum atomic E-state index is 1.30. The van der Waals surface area contributed by atoms with E-state index in [9.17, 15) is 0 Å². The lowest BCUT2D eigenvalue weighted by molar-refractivity contribution is 1.81. The molecule has 10 aromatic rings. The smallest absolute Gasteiger partial charge is 0.00197 e. The van der Waals surface area contributed by atoms with Gasteiger partial charge in [-0.1, -0.05) is 97.1 Å². The van der Waals surface area contributed by atoms with E-state index < -0.39 is 0 Å². The topological polar surface area (TPSA) is 0 Å². The van der Waals surface area contributed by atoms with Crippen LogP contribution in [0.1, 0.15) is 0 Å². The summed E-state index contributed by atoms with van der Waals surface area (Å²) < 4.78 is 0. The normalized spacial score (nSPS) is 12.7. The molecule has 0 fully saturated rings. The van der Waals surface area contributed by atoms with Crippen LogP contribution in [0.15, 0.2) is 121 Å². The third-order valence-electron chi connectivity index (χ3n) is 9.07. The first-order valence-electron chi connectivity index (χ1n) is 13.4. The molecule has 10 rings (SSSR count). The second-order valence-electron chi connectivity index (χ2n) is 10.9. The van der Waals surface area contributed by atoms with Gasteiger partial charge in [-0.25, -0.2) is 0 Å². The first-order chi connectivity index (χ1) is 18.8. The van der Waals surface area contributed by atoms with E-state index in [1.165, 1.54) is 97.0 Å². The molecular weight excluding hydrogens is 456 g/mol. The Morgan fingerprint density at radius 2 is 0.632 bits per heavy atom. The molecule has 0 aliphatic rings. The van der Waals surface area contributed by atoms with Crippen LogP contribution < -0.4 is 0 Å². The van der Waals surface area contributed by atoms with Gasteiger partial charge < -0.3 is 0 Å². The summed E-state index contributed by atoms with van der Waals surface area (Å²) in [6.45, 7) is 0. The highest BCUT2D eigenvalue weighted by Gasteiger charge is 2.20. The van der Waals surface area contributed by atoms with E-state index in [4.69, 9.17) is 0 Å². The van der Waals surface area contributed by atoms with Crippen LogP contribution in [0.4, 0.5) is 0 Å². The average molecular weight is 477 g/mol. The van der Waals surface area contributed by atoms with Crippen molar-refractivity contribution in [3.05, 3.63) is 121 Å². The zero-order chi connectivity index (χ0) is 24.5. The summed E-state index contributed by atoms with van der Waals surface area (Å²) in [7, 11) is 0. The summed E-state index contributed by atoms with van der Waals surface area (Å²) in [5, 5.41) is 24.3. The maximum Gasteiger partial charge on any atom is -0.00197 e. The van der Waals surface area contributed by atoms with Crippen molar-refractivity contribution in [1.82, 2.24) is 0 Å². The molecule has 0 heteroatoms. The van der Waals surface area contributed by atoms with E-state index in [-0.39, 0.29) is 0 Å². The van der Waals surface area contributed by atoms with Gasteiger partial charge in [-0.15, -0.1) is 0 Å². The van der Waals surface area contributed by atoms with Gasteiger partial charge in [0.2, 0.25) is 0 Å². The van der Waals surface area contributed by atoms with Gasteiger partial charge in [0.1, 0.15) is 0 Å². The molecule has 0 radical (unpaired) electrons. The maximum atomic E-state index is 2.49. The summed E-state index contributed by atoms with van der Waals surface area (Å²) in [6, 6.07) is 45.7. The van der Waals surface area contributed by atoms with Gasteiger partial charge in [0.05, 0.1) is 0 Å². The van der Waals surface area contributed by atoms with Crippen molar-refractivity contribution in [2.24, 2.45) is 0 Å². The van der Waals surface area contributed by atoms with Crippen LogP contribution >= 0.6 is 0 Å². The predicted molar refractivity (Wildman–Crippen MR) is 166 cm³/mol. The molecule has 0 N–H and O–H groups in total. The van der Waals surface area contributed by atoms with Crippen molar-refractivity contribution < 1.29 is 0 Å². The van der Waals surface area contributed by atoms with Gasteiger partial charge in [0.15, 0.2) is 0 Å². The Labute approximate surface area is 218 Å². The van der Waals surface area contributed by atoms with Gasteiger partial charge in [-0.2, -0.15) is 0 Å². The Morgan fingerprint density at radius 3 is 1.32 bits per heavy atom. The molecule has 0 unspecified atom stereocenters. The molecule has 0 bridgehead atoms. The predicted octanol–water partition coefficient (Wildman–Crippen LogP) is 10.9. The second-order valence-corrected chi connectivity index (χ2v) is 10.9. The van der Waals surface area contributed by atoms with Crippen molar-refractivity contribution in [1.29, 1.82) is 0 Å². The van der Waals surface area contributed by atoms with Gasteiger partial charge in [-0.3, -0.25) is 0 Å². The van der Waals surface area contributed by atoms with Crippen molar-refractivity contribution in [3.8, 4) is 0 Å². The monoisotopic (exact) mass is 476 g/mol. The van der Waals surface area contributed by atoms with Crippen LogP contribution in [0.2, 0.25) is 0 Å². The summed E-state index contributed by atoms with van der Waals surface area (Å²) in [4.78, 5) is 0. The molecule has 0 nitrogen and oxygen atoms in total. The molecule has 172 valence electrons. The van der Waals surface area contributed by atoms with Crippen LogP contribution in [0.25, 0.3) is 97.0 Å². The Kier molecular flexibility index (Phi) is 3.28. The van der Waals surface area contributed by atoms with Crippen LogP contribution in [-0.4, -0.2) is 0 Å². The standard InChI is InChI=1S/C38H20/c1-2-9-23-18-31-30(17-22(23)8-1)26-12-6-13-27-33-20-35-36-24-10-4-3-7-21(24)15-16-29(36)25-11-5-14-28(38(25)35)32(33)19-34(31)37(26)27/h1-20H. The maximum absolute atomic E-state index is 2.49. The molecule has 0 heterocycles. The molecule has 0 saturated heterocycles. The summed E-state index contributed by atoms with van der Waals surface area (Å²) >= 11 is 0. The van der Waals surface area contributed by atoms with Crippen LogP contribution in [0.5, 0.6) is 0 Å². The molecule has 0 aliphatic carbocycles. The van der Waals surface area contributed by atoms with Crippen molar-refractivity contribution in [2.75, 3.05) is 0 Å². The average Bonchev–Trinajstić information content (AvgIpc) is 3.47. The quantitative estimate of drug-likeness (QED) is 0.191. The molecule has 0 amide bonds. The minimum Gasteiger partial charge on any atom is -0.0616 e. The van der Waals surface area contributed by atoms with E-state index in [0.717, 1.165) is 0 Å². The fourth-order valence-corrected chi connectivity index (χ4v) is 7.50. The lowest BCUT2D eigenvalue weighted by Gasteiger charge is -2.10. The number of hydrogen-bond acceptors (Lipinski definition) is 0. The van der Waals surface area contributed by atoms with Crippen molar-refractivity contribution in [3.63, 3.8) is 0 Å². The highest BCUT2D eigenvalue weighted by atomic mass is 14.2. The Balaban J connectivity index is 1.50. The SMILES string of the molecule is c1ccc2cc3c(cc2c1)c1cccc2c4cc5c6c7ccccc7ccc6c6cccc(c4cc3c12)c65. The Morgan fingerprint density at radius 1 is 0.211 bits per heavy atom. The zero-order valence-electron chi connectivity index (χ0n) is 20.5. The van der Waals surface area contributed by atoms with Crippen molar-refractivity contribution >= 4 is 97.0 Å². The summed E-state index contributed by atoms with van der Waals surface area (Å²) in [5.41, 5.74) is 0. The first kappa shape index (κ1) is 19.2. The number of benzene rings is 8. The van der Waals surface area contributed by atoms with Crippen LogP contribution in [0, 0.1) is 0 Å². The second kappa shape index (κ2) is 6.49. The molecule has 0 saturated carbocycles. The lowest BCUT2D eigenvalue weighted by atomic mass is 9.93. The van der Waals surface area contributed by atoms with Crippen molar-refractivity contribution in [2.45, 2.75) is 0 Å². The number of fused-ring (bicyclic) bond motifs is 12. The molecule has 0 aromatic heterocycles.